The second-order valence-corrected chi connectivity index (χ2v) is 6.58. The van der Waals surface area contributed by atoms with Crippen molar-refractivity contribution in [2.45, 2.75) is 70.8 Å². The molecule has 3 nitrogen and oxygen atoms in total. The Morgan fingerprint density at radius 2 is 1.81 bits per heavy atom. The molecule has 2 aromatic rings. The van der Waals surface area contributed by atoms with Gasteiger partial charge >= 0.3 is 0 Å². The molecule has 1 heterocycles. The number of hydrogen-bond acceptors (Lipinski definition) is 3. The van der Waals surface area contributed by atoms with Crippen molar-refractivity contribution in [3.8, 4) is 0 Å². The molecule has 0 spiro atoms. The zero-order valence-corrected chi connectivity index (χ0v) is 13.2. The molecule has 1 aromatic carbocycles. The number of nitrogens with one attached hydrogen (secondary N) is 1. The van der Waals surface area contributed by atoms with Crippen LogP contribution in [0.15, 0.2) is 22.6 Å². The molecule has 0 bridgehead atoms. The van der Waals surface area contributed by atoms with Gasteiger partial charge < -0.3 is 9.73 Å². The van der Waals surface area contributed by atoms with E-state index in [-0.39, 0.29) is 0 Å². The fourth-order valence-electron chi connectivity index (χ4n) is 3.12. The molecule has 1 N–H and O–H groups in total. The summed E-state index contributed by atoms with van der Waals surface area (Å²) in [5.74, 6) is 1.16. The average Bonchev–Trinajstić information content (AvgIpc) is 2.85. The summed E-state index contributed by atoms with van der Waals surface area (Å²) in [7, 11) is 0. The molecular weight excluding hydrogens is 260 g/mol. The lowest BCUT2D eigenvalue weighted by Gasteiger charge is -2.22. The topological polar surface area (TPSA) is 38.1 Å². The van der Waals surface area contributed by atoms with Crippen LogP contribution >= 0.6 is 0 Å². The summed E-state index contributed by atoms with van der Waals surface area (Å²) in [6.07, 6.45) is 9.46. The third kappa shape index (κ3) is 3.58. The van der Waals surface area contributed by atoms with Crippen molar-refractivity contribution < 1.29 is 4.42 Å². The summed E-state index contributed by atoms with van der Waals surface area (Å²) >= 11 is 0. The van der Waals surface area contributed by atoms with Crippen molar-refractivity contribution in [2.24, 2.45) is 0 Å². The Bertz CT molecular complexity index is 580. The molecule has 3 rings (SSSR count). The van der Waals surface area contributed by atoms with E-state index in [0.29, 0.717) is 12.0 Å². The van der Waals surface area contributed by atoms with Gasteiger partial charge in [0.1, 0.15) is 5.52 Å². The number of rotatable bonds is 3. The first-order valence-electron chi connectivity index (χ1n) is 8.39. The lowest BCUT2D eigenvalue weighted by molar-refractivity contribution is 0.471. The van der Waals surface area contributed by atoms with Crippen LogP contribution in [0, 0.1) is 0 Å². The largest absolute Gasteiger partial charge is 0.440 e. The molecule has 0 amide bonds. The van der Waals surface area contributed by atoms with Gasteiger partial charge in [-0.2, -0.15) is 0 Å². The summed E-state index contributed by atoms with van der Waals surface area (Å²) in [5, 5.41) is 3.70. The minimum absolute atomic E-state index is 0.333. The molecule has 0 atom stereocenters. The first kappa shape index (κ1) is 14.4. The van der Waals surface area contributed by atoms with Gasteiger partial charge in [-0.1, -0.05) is 46.0 Å². The van der Waals surface area contributed by atoms with Gasteiger partial charge in [-0.15, -0.1) is 0 Å². The van der Waals surface area contributed by atoms with Crippen LogP contribution in [0.1, 0.15) is 70.6 Å². The zero-order chi connectivity index (χ0) is 14.7. The standard InChI is InChI=1S/C18H26N2O/c1-13(2)18-20-16-12-15(10-11-17(16)21-18)19-14-8-6-4-3-5-7-9-14/h10-14,19H,3-9H2,1-2H3. The van der Waals surface area contributed by atoms with Gasteiger partial charge in [0.2, 0.25) is 0 Å². The second-order valence-electron chi connectivity index (χ2n) is 6.58. The number of nitrogens with zero attached hydrogens (tertiary/aromatic N) is 1. The second kappa shape index (κ2) is 6.50. The number of fused-ring (bicyclic) bond motifs is 1. The number of benzene rings is 1. The molecule has 0 saturated heterocycles. The van der Waals surface area contributed by atoms with Crippen molar-refractivity contribution >= 4 is 16.8 Å². The summed E-state index contributed by atoms with van der Waals surface area (Å²) in [6, 6.07) is 6.90. The van der Waals surface area contributed by atoms with Gasteiger partial charge in [0, 0.05) is 17.6 Å². The van der Waals surface area contributed by atoms with E-state index < -0.39 is 0 Å². The highest BCUT2D eigenvalue weighted by atomic mass is 16.3. The van der Waals surface area contributed by atoms with Crippen LogP contribution in [0.3, 0.4) is 0 Å². The Balaban J connectivity index is 1.73. The predicted molar refractivity (Wildman–Crippen MR) is 87.8 cm³/mol. The molecule has 1 aliphatic rings. The van der Waals surface area contributed by atoms with E-state index in [4.69, 9.17) is 4.42 Å². The minimum atomic E-state index is 0.333. The van der Waals surface area contributed by atoms with Gasteiger partial charge in [0.15, 0.2) is 11.5 Å². The molecule has 114 valence electrons. The molecule has 3 heteroatoms. The highest BCUT2D eigenvalue weighted by molar-refractivity contribution is 5.77. The van der Waals surface area contributed by atoms with Crippen LogP contribution in [-0.4, -0.2) is 11.0 Å². The van der Waals surface area contributed by atoms with Crippen LogP contribution < -0.4 is 5.32 Å². The maximum Gasteiger partial charge on any atom is 0.198 e. The summed E-state index contributed by atoms with van der Waals surface area (Å²) < 4.78 is 5.77. The molecule has 21 heavy (non-hydrogen) atoms. The van der Waals surface area contributed by atoms with Crippen LogP contribution in [0.2, 0.25) is 0 Å². The normalized spacial score (nSPS) is 17.9. The van der Waals surface area contributed by atoms with E-state index >= 15 is 0 Å². The lowest BCUT2D eigenvalue weighted by Crippen LogP contribution is -2.20. The minimum Gasteiger partial charge on any atom is -0.440 e. The molecule has 0 radical (unpaired) electrons. The van der Waals surface area contributed by atoms with Crippen LogP contribution in [0.4, 0.5) is 5.69 Å². The van der Waals surface area contributed by atoms with E-state index in [0.717, 1.165) is 17.0 Å². The molecule has 1 aromatic heterocycles. The highest BCUT2D eigenvalue weighted by Crippen LogP contribution is 2.26. The highest BCUT2D eigenvalue weighted by Gasteiger charge is 2.13. The van der Waals surface area contributed by atoms with E-state index in [1.165, 1.54) is 50.6 Å². The van der Waals surface area contributed by atoms with Gasteiger partial charge in [-0.3, -0.25) is 0 Å². The molecule has 1 saturated carbocycles. The van der Waals surface area contributed by atoms with Crippen molar-refractivity contribution in [3.63, 3.8) is 0 Å². The molecule has 0 aliphatic heterocycles. The van der Waals surface area contributed by atoms with E-state index in [2.05, 4.69) is 36.3 Å². The Hall–Kier alpha value is -1.51. The van der Waals surface area contributed by atoms with E-state index in [1.54, 1.807) is 0 Å². The lowest BCUT2D eigenvalue weighted by atomic mass is 9.96. The molecule has 1 aliphatic carbocycles. The quantitative estimate of drug-likeness (QED) is 0.812. The zero-order valence-electron chi connectivity index (χ0n) is 13.2. The van der Waals surface area contributed by atoms with Gasteiger partial charge in [-0.05, 0) is 31.0 Å². The smallest absolute Gasteiger partial charge is 0.198 e. The first-order chi connectivity index (χ1) is 10.2. The summed E-state index contributed by atoms with van der Waals surface area (Å²) in [4.78, 5) is 4.59. The van der Waals surface area contributed by atoms with Crippen molar-refractivity contribution in [2.75, 3.05) is 5.32 Å². The average molecular weight is 286 g/mol. The molecule has 1 fully saturated rings. The number of hydrogen-bond donors (Lipinski definition) is 1. The summed E-state index contributed by atoms with van der Waals surface area (Å²) in [5.41, 5.74) is 3.04. The first-order valence-corrected chi connectivity index (χ1v) is 8.39. The third-order valence-corrected chi connectivity index (χ3v) is 4.37. The maximum absolute atomic E-state index is 5.77. The van der Waals surface area contributed by atoms with E-state index in [9.17, 15) is 0 Å². The fourth-order valence-corrected chi connectivity index (χ4v) is 3.12. The Morgan fingerprint density at radius 3 is 2.52 bits per heavy atom. The van der Waals surface area contributed by atoms with Gasteiger partial charge in [0.05, 0.1) is 0 Å². The van der Waals surface area contributed by atoms with Crippen molar-refractivity contribution in [1.82, 2.24) is 4.98 Å². The van der Waals surface area contributed by atoms with Crippen molar-refractivity contribution in [3.05, 3.63) is 24.1 Å². The van der Waals surface area contributed by atoms with Gasteiger partial charge in [0.25, 0.3) is 0 Å². The molecular formula is C18H26N2O. The predicted octanol–water partition coefficient (Wildman–Crippen LogP) is 5.48. The van der Waals surface area contributed by atoms with Crippen LogP contribution in [-0.2, 0) is 0 Å². The monoisotopic (exact) mass is 286 g/mol. The van der Waals surface area contributed by atoms with Crippen molar-refractivity contribution in [1.29, 1.82) is 0 Å². The number of aromatic nitrogens is 1. The number of anilines is 1. The number of oxazole rings is 1. The van der Waals surface area contributed by atoms with E-state index in [1.807, 2.05) is 6.07 Å². The third-order valence-electron chi connectivity index (χ3n) is 4.37. The van der Waals surface area contributed by atoms with Gasteiger partial charge in [-0.25, -0.2) is 4.98 Å². The van der Waals surface area contributed by atoms with Crippen LogP contribution in [0.5, 0.6) is 0 Å². The Labute approximate surface area is 127 Å². The molecule has 0 unspecified atom stereocenters. The van der Waals surface area contributed by atoms with Crippen LogP contribution in [0.25, 0.3) is 11.1 Å². The fraction of sp³-hybridized carbons (Fsp3) is 0.611. The maximum atomic E-state index is 5.77. The SMILES string of the molecule is CC(C)c1nc2cc(NC3CCCCCCC3)ccc2o1. The Kier molecular flexibility index (Phi) is 4.47. The Morgan fingerprint density at radius 1 is 1.10 bits per heavy atom. The summed E-state index contributed by atoms with van der Waals surface area (Å²) in [6.45, 7) is 4.22.